The summed E-state index contributed by atoms with van der Waals surface area (Å²) in [5.41, 5.74) is 3.63. The van der Waals surface area contributed by atoms with Crippen molar-refractivity contribution in [3.63, 3.8) is 0 Å². The van der Waals surface area contributed by atoms with E-state index in [4.69, 9.17) is 4.74 Å². The minimum Gasteiger partial charge on any atom is -0.497 e. The molecule has 2 aromatic heterocycles. The van der Waals surface area contributed by atoms with E-state index in [9.17, 15) is 0 Å². The van der Waals surface area contributed by atoms with Gasteiger partial charge in [-0.1, -0.05) is 12.1 Å². The van der Waals surface area contributed by atoms with Crippen molar-refractivity contribution in [2.75, 3.05) is 13.7 Å². The quantitative estimate of drug-likeness (QED) is 0.801. The lowest BCUT2D eigenvalue weighted by atomic mass is 9.91. The van der Waals surface area contributed by atoms with Gasteiger partial charge in [0, 0.05) is 30.6 Å². The molecular formula is C17H18N4OS. The second-order valence-electron chi connectivity index (χ2n) is 5.69. The summed E-state index contributed by atoms with van der Waals surface area (Å²) in [4.78, 5) is 14.7. The lowest BCUT2D eigenvalue weighted by Gasteiger charge is -2.31. The zero-order valence-corrected chi connectivity index (χ0v) is 13.7. The highest BCUT2D eigenvalue weighted by Crippen LogP contribution is 2.33. The van der Waals surface area contributed by atoms with Crippen LogP contribution in [0, 0.1) is 0 Å². The average molecular weight is 326 g/mol. The van der Waals surface area contributed by atoms with E-state index in [1.807, 2.05) is 23.7 Å². The first-order valence-corrected chi connectivity index (χ1v) is 8.48. The van der Waals surface area contributed by atoms with Gasteiger partial charge in [0.2, 0.25) is 0 Å². The molecule has 0 bridgehead atoms. The molecule has 6 heteroatoms. The van der Waals surface area contributed by atoms with Crippen LogP contribution in [0.1, 0.15) is 27.9 Å². The highest BCUT2D eigenvalue weighted by Gasteiger charge is 2.29. The van der Waals surface area contributed by atoms with Crippen LogP contribution in [-0.4, -0.2) is 33.5 Å². The molecule has 0 aliphatic carbocycles. The number of methoxy groups -OCH3 is 1. The van der Waals surface area contributed by atoms with Gasteiger partial charge in [-0.05, 0) is 17.7 Å². The Morgan fingerprint density at radius 1 is 1.30 bits per heavy atom. The Morgan fingerprint density at radius 3 is 2.91 bits per heavy atom. The predicted octanol–water partition coefficient (Wildman–Crippen LogP) is 3.02. The first kappa shape index (κ1) is 14.4. The van der Waals surface area contributed by atoms with Crippen LogP contribution in [0.3, 0.4) is 0 Å². The Morgan fingerprint density at radius 2 is 2.17 bits per heavy atom. The number of nitrogens with one attached hydrogen (secondary N) is 1. The number of fused-ring (bicyclic) bond motifs is 1. The first-order valence-electron chi connectivity index (χ1n) is 7.60. The van der Waals surface area contributed by atoms with E-state index in [1.165, 1.54) is 11.3 Å². The minimum absolute atomic E-state index is 0.274. The summed E-state index contributed by atoms with van der Waals surface area (Å²) in [5, 5.41) is 3.18. The summed E-state index contributed by atoms with van der Waals surface area (Å²) in [6.45, 7) is 2.72. The van der Waals surface area contributed by atoms with Gasteiger partial charge in [0.05, 0.1) is 31.4 Å². The SMILES string of the molecule is COc1ccc(C2CN(Cc3nccs3)Cc3[nH]cnc32)cc1. The first-order chi connectivity index (χ1) is 11.3. The molecule has 0 fully saturated rings. The molecule has 0 saturated carbocycles. The molecule has 1 aliphatic heterocycles. The normalized spacial score (nSPS) is 17.9. The number of nitrogens with zero attached hydrogens (tertiary/aromatic N) is 3. The lowest BCUT2D eigenvalue weighted by molar-refractivity contribution is 0.227. The molecule has 23 heavy (non-hydrogen) atoms. The third kappa shape index (κ3) is 2.87. The van der Waals surface area contributed by atoms with Gasteiger partial charge in [-0.15, -0.1) is 11.3 Å². The average Bonchev–Trinajstić information content (AvgIpc) is 3.26. The number of ether oxygens (including phenoxy) is 1. The summed E-state index contributed by atoms with van der Waals surface area (Å²) < 4.78 is 5.26. The number of aromatic nitrogens is 3. The highest BCUT2D eigenvalue weighted by molar-refractivity contribution is 7.09. The van der Waals surface area contributed by atoms with Crippen molar-refractivity contribution in [3.8, 4) is 5.75 Å². The van der Waals surface area contributed by atoms with Crippen LogP contribution in [0.25, 0.3) is 0 Å². The topological polar surface area (TPSA) is 54.0 Å². The van der Waals surface area contributed by atoms with E-state index in [2.05, 4.69) is 32.0 Å². The van der Waals surface area contributed by atoms with Gasteiger partial charge in [0.1, 0.15) is 10.8 Å². The number of benzene rings is 1. The molecule has 118 valence electrons. The van der Waals surface area contributed by atoms with E-state index in [1.54, 1.807) is 24.8 Å². The number of aromatic amines is 1. The third-order valence-electron chi connectivity index (χ3n) is 4.26. The summed E-state index contributed by atoms with van der Waals surface area (Å²) in [5.74, 6) is 1.15. The second kappa shape index (κ2) is 6.14. The largest absolute Gasteiger partial charge is 0.497 e. The van der Waals surface area contributed by atoms with Crippen molar-refractivity contribution in [2.45, 2.75) is 19.0 Å². The molecule has 1 N–H and O–H groups in total. The van der Waals surface area contributed by atoms with Gasteiger partial charge in [0.25, 0.3) is 0 Å². The number of thiazole rings is 1. The van der Waals surface area contributed by atoms with E-state index in [0.29, 0.717) is 0 Å². The van der Waals surface area contributed by atoms with Gasteiger partial charge in [-0.25, -0.2) is 9.97 Å². The number of H-pyrrole nitrogens is 1. The summed E-state index contributed by atoms with van der Waals surface area (Å²) in [7, 11) is 1.69. The maximum Gasteiger partial charge on any atom is 0.118 e. The van der Waals surface area contributed by atoms with Gasteiger partial charge in [-0.3, -0.25) is 4.90 Å². The van der Waals surface area contributed by atoms with E-state index < -0.39 is 0 Å². The summed E-state index contributed by atoms with van der Waals surface area (Å²) in [6, 6.07) is 8.30. The maximum atomic E-state index is 5.26. The molecule has 3 aromatic rings. The fourth-order valence-electron chi connectivity index (χ4n) is 3.13. The molecule has 1 aromatic carbocycles. The standard InChI is InChI=1S/C17H18N4OS/c1-22-13-4-2-12(3-5-13)14-8-21(10-16-18-6-7-23-16)9-15-17(14)20-11-19-15/h2-7,11,14H,8-10H2,1H3,(H,19,20). The summed E-state index contributed by atoms with van der Waals surface area (Å²) in [6.07, 6.45) is 3.67. The van der Waals surface area contributed by atoms with Crippen molar-refractivity contribution in [2.24, 2.45) is 0 Å². The fourth-order valence-corrected chi connectivity index (χ4v) is 3.79. The van der Waals surface area contributed by atoms with Crippen molar-refractivity contribution < 1.29 is 4.74 Å². The van der Waals surface area contributed by atoms with Crippen LogP contribution in [-0.2, 0) is 13.1 Å². The molecule has 1 atom stereocenters. The molecule has 5 nitrogen and oxygen atoms in total. The number of hydrogen-bond acceptors (Lipinski definition) is 5. The molecule has 3 heterocycles. The molecular weight excluding hydrogens is 308 g/mol. The van der Waals surface area contributed by atoms with Crippen molar-refractivity contribution >= 4 is 11.3 Å². The van der Waals surface area contributed by atoms with Crippen LogP contribution in [0.2, 0.25) is 0 Å². The van der Waals surface area contributed by atoms with E-state index in [0.717, 1.165) is 36.1 Å². The molecule has 0 amide bonds. The zero-order valence-electron chi connectivity index (χ0n) is 12.9. The summed E-state index contributed by atoms with van der Waals surface area (Å²) >= 11 is 1.71. The Bertz CT molecular complexity index is 766. The van der Waals surface area contributed by atoms with Gasteiger partial charge in [-0.2, -0.15) is 0 Å². The Labute approximate surface area is 139 Å². The Balaban J connectivity index is 1.62. The fraction of sp³-hybridized carbons (Fsp3) is 0.294. The minimum atomic E-state index is 0.274. The molecule has 4 rings (SSSR count). The smallest absolute Gasteiger partial charge is 0.118 e. The van der Waals surface area contributed by atoms with Gasteiger partial charge >= 0.3 is 0 Å². The third-order valence-corrected chi connectivity index (χ3v) is 5.03. The van der Waals surface area contributed by atoms with E-state index >= 15 is 0 Å². The van der Waals surface area contributed by atoms with Crippen molar-refractivity contribution in [1.29, 1.82) is 0 Å². The van der Waals surface area contributed by atoms with Crippen LogP contribution >= 0.6 is 11.3 Å². The molecule has 0 radical (unpaired) electrons. The Hall–Kier alpha value is -2.18. The van der Waals surface area contributed by atoms with Crippen LogP contribution in [0.4, 0.5) is 0 Å². The molecule has 1 aliphatic rings. The van der Waals surface area contributed by atoms with Crippen LogP contribution in [0.5, 0.6) is 5.75 Å². The maximum absolute atomic E-state index is 5.26. The number of hydrogen-bond donors (Lipinski definition) is 1. The zero-order chi connectivity index (χ0) is 15.6. The Kier molecular flexibility index (Phi) is 3.85. The van der Waals surface area contributed by atoms with Crippen molar-refractivity contribution in [3.05, 3.63) is 64.1 Å². The van der Waals surface area contributed by atoms with Crippen LogP contribution in [0.15, 0.2) is 42.2 Å². The second-order valence-corrected chi connectivity index (χ2v) is 6.67. The molecule has 0 spiro atoms. The highest BCUT2D eigenvalue weighted by atomic mass is 32.1. The van der Waals surface area contributed by atoms with Gasteiger partial charge < -0.3 is 9.72 Å². The monoisotopic (exact) mass is 326 g/mol. The molecule has 1 unspecified atom stereocenters. The van der Waals surface area contributed by atoms with Gasteiger partial charge in [0.15, 0.2) is 0 Å². The van der Waals surface area contributed by atoms with Crippen molar-refractivity contribution in [1.82, 2.24) is 19.9 Å². The molecule has 0 saturated heterocycles. The number of rotatable bonds is 4. The predicted molar refractivity (Wildman–Crippen MR) is 89.7 cm³/mol. The number of imidazole rings is 1. The van der Waals surface area contributed by atoms with Crippen LogP contribution < -0.4 is 4.74 Å². The lowest BCUT2D eigenvalue weighted by Crippen LogP contribution is -2.33. The van der Waals surface area contributed by atoms with E-state index in [-0.39, 0.29) is 5.92 Å².